The third-order valence-electron chi connectivity index (χ3n) is 6.22. The number of anilines is 1. The molecule has 1 aliphatic heterocycles. The lowest BCUT2D eigenvalue weighted by atomic mass is 10.1. The summed E-state index contributed by atoms with van der Waals surface area (Å²) in [6.45, 7) is 5.28. The standard InChI is InChI=1S/C27H28ClN3O/c28-24-12-6-11-23-21(20-29-27(23)24)8-7-15-30-16-18-31(19-17-30)25-13-4-5-14-26(25)32-22-9-2-1-3-10-22/h1-6,9-14,20,29H,7-8,15-19H2. The smallest absolute Gasteiger partial charge is 0.150 e. The molecule has 1 fully saturated rings. The van der Waals surface area contributed by atoms with E-state index in [9.17, 15) is 0 Å². The van der Waals surface area contributed by atoms with Gasteiger partial charge >= 0.3 is 0 Å². The van der Waals surface area contributed by atoms with Crippen molar-refractivity contribution < 1.29 is 4.74 Å². The van der Waals surface area contributed by atoms with Gasteiger partial charge in [0.25, 0.3) is 0 Å². The first-order valence-electron chi connectivity index (χ1n) is 11.3. The zero-order valence-corrected chi connectivity index (χ0v) is 18.9. The Balaban J connectivity index is 1.15. The fourth-order valence-electron chi connectivity index (χ4n) is 4.51. The number of halogens is 1. The first kappa shape index (κ1) is 20.9. The minimum atomic E-state index is 0.793. The van der Waals surface area contributed by atoms with Gasteiger partial charge in [-0.25, -0.2) is 0 Å². The van der Waals surface area contributed by atoms with Crippen LogP contribution in [-0.2, 0) is 6.42 Å². The molecular weight excluding hydrogens is 418 g/mol. The zero-order valence-electron chi connectivity index (χ0n) is 18.1. The number of hydrogen-bond donors (Lipinski definition) is 1. The fourth-order valence-corrected chi connectivity index (χ4v) is 4.74. The van der Waals surface area contributed by atoms with Gasteiger partial charge < -0.3 is 14.6 Å². The van der Waals surface area contributed by atoms with Crippen LogP contribution >= 0.6 is 11.6 Å². The summed E-state index contributed by atoms with van der Waals surface area (Å²) in [4.78, 5) is 8.34. The number of aromatic amines is 1. The molecule has 4 nitrogen and oxygen atoms in total. The third-order valence-corrected chi connectivity index (χ3v) is 6.53. The predicted octanol–water partition coefficient (Wildman–Crippen LogP) is 6.37. The number of rotatable bonds is 7. The Kier molecular flexibility index (Phi) is 6.33. The monoisotopic (exact) mass is 445 g/mol. The Morgan fingerprint density at radius 1 is 0.844 bits per heavy atom. The number of benzene rings is 3. The molecule has 4 aromatic rings. The Bertz CT molecular complexity index is 1170. The molecule has 1 aromatic heterocycles. The molecule has 0 spiro atoms. The second-order valence-corrected chi connectivity index (χ2v) is 8.70. The molecule has 5 rings (SSSR count). The van der Waals surface area contributed by atoms with Gasteiger partial charge in [-0.15, -0.1) is 0 Å². The highest BCUT2D eigenvalue weighted by Gasteiger charge is 2.20. The number of H-pyrrole nitrogens is 1. The van der Waals surface area contributed by atoms with Gasteiger partial charge in [-0.05, 0) is 55.3 Å². The van der Waals surface area contributed by atoms with E-state index in [0.717, 1.165) is 67.6 Å². The summed E-state index contributed by atoms with van der Waals surface area (Å²) >= 11 is 6.29. The van der Waals surface area contributed by atoms with Crippen molar-refractivity contribution in [3.63, 3.8) is 0 Å². The van der Waals surface area contributed by atoms with E-state index in [1.54, 1.807) is 0 Å². The Morgan fingerprint density at radius 2 is 1.62 bits per heavy atom. The number of aromatic nitrogens is 1. The van der Waals surface area contributed by atoms with Crippen molar-refractivity contribution in [3.8, 4) is 11.5 Å². The van der Waals surface area contributed by atoms with Gasteiger partial charge in [0.05, 0.1) is 16.2 Å². The summed E-state index contributed by atoms with van der Waals surface area (Å²) in [6, 6.07) is 24.5. The van der Waals surface area contributed by atoms with Crippen molar-refractivity contribution in [1.29, 1.82) is 0 Å². The van der Waals surface area contributed by atoms with Crippen LogP contribution in [0.1, 0.15) is 12.0 Å². The number of nitrogens with one attached hydrogen (secondary N) is 1. The second-order valence-electron chi connectivity index (χ2n) is 8.29. The zero-order chi connectivity index (χ0) is 21.8. The van der Waals surface area contributed by atoms with E-state index in [1.165, 1.54) is 16.6 Å². The Hall–Kier alpha value is -2.95. The van der Waals surface area contributed by atoms with Crippen LogP contribution < -0.4 is 9.64 Å². The molecule has 0 amide bonds. The van der Waals surface area contributed by atoms with Crippen LogP contribution in [-0.4, -0.2) is 42.6 Å². The van der Waals surface area contributed by atoms with Gasteiger partial charge in [0.1, 0.15) is 5.75 Å². The number of aryl methyl sites for hydroxylation is 1. The van der Waals surface area contributed by atoms with E-state index in [2.05, 4.69) is 45.2 Å². The van der Waals surface area contributed by atoms with Crippen LogP contribution in [0.25, 0.3) is 10.9 Å². The normalized spacial score (nSPS) is 14.7. The van der Waals surface area contributed by atoms with Crippen LogP contribution in [0, 0.1) is 0 Å². The minimum Gasteiger partial charge on any atom is -0.455 e. The Labute approximate surface area is 194 Å². The van der Waals surface area contributed by atoms with E-state index in [4.69, 9.17) is 16.3 Å². The van der Waals surface area contributed by atoms with Crippen LogP contribution in [0.4, 0.5) is 5.69 Å². The largest absolute Gasteiger partial charge is 0.455 e. The van der Waals surface area contributed by atoms with Crippen molar-refractivity contribution in [2.75, 3.05) is 37.6 Å². The highest BCUT2D eigenvalue weighted by Crippen LogP contribution is 2.32. The average molecular weight is 446 g/mol. The average Bonchev–Trinajstić information content (AvgIpc) is 3.25. The molecule has 1 N–H and O–H groups in total. The molecule has 1 saturated heterocycles. The minimum absolute atomic E-state index is 0.793. The van der Waals surface area contributed by atoms with Gasteiger partial charge in [0, 0.05) is 37.8 Å². The van der Waals surface area contributed by atoms with Crippen LogP contribution in [0.2, 0.25) is 5.02 Å². The molecule has 3 aromatic carbocycles. The van der Waals surface area contributed by atoms with Crippen LogP contribution in [0.5, 0.6) is 11.5 Å². The SMILES string of the molecule is Clc1cccc2c(CCCN3CCN(c4ccccc4Oc4ccccc4)CC3)c[nH]c12. The number of piperazine rings is 1. The van der Waals surface area contributed by atoms with Gasteiger partial charge in [-0.2, -0.15) is 0 Å². The van der Waals surface area contributed by atoms with E-state index in [0.29, 0.717) is 0 Å². The maximum absolute atomic E-state index is 6.29. The quantitative estimate of drug-likeness (QED) is 0.358. The van der Waals surface area contributed by atoms with Crippen LogP contribution in [0.3, 0.4) is 0 Å². The molecule has 0 atom stereocenters. The lowest BCUT2D eigenvalue weighted by Crippen LogP contribution is -2.46. The summed E-state index contributed by atoms with van der Waals surface area (Å²) < 4.78 is 6.17. The van der Waals surface area contributed by atoms with Gasteiger partial charge in [0.2, 0.25) is 0 Å². The maximum Gasteiger partial charge on any atom is 0.150 e. The van der Waals surface area contributed by atoms with Crippen molar-refractivity contribution in [1.82, 2.24) is 9.88 Å². The highest BCUT2D eigenvalue weighted by molar-refractivity contribution is 6.35. The van der Waals surface area contributed by atoms with Gasteiger partial charge in [-0.3, -0.25) is 4.90 Å². The summed E-state index contributed by atoms with van der Waals surface area (Å²) in [5.41, 5.74) is 3.58. The third kappa shape index (κ3) is 4.62. The number of ether oxygens (including phenoxy) is 1. The fraction of sp³-hybridized carbons (Fsp3) is 0.259. The summed E-state index contributed by atoms with van der Waals surface area (Å²) in [6.07, 6.45) is 4.32. The summed E-state index contributed by atoms with van der Waals surface area (Å²) in [5.74, 6) is 1.79. The van der Waals surface area contributed by atoms with Crippen molar-refractivity contribution in [2.24, 2.45) is 0 Å². The highest BCUT2D eigenvalue weighted by atomic mass is 35.5. The van der Waals surface area contributed by atoms with E-state index < -0.39 is 0 Å². The number of para-hydroxylation sites is 4. The molecule has 5 heteroatoms. The molecule has 0 radical (unpaired) electrons. The van der Waals surface area contributed by atoms with E-state index in [-0.39, 0.29) is 0 Å². The number of nitrogens with zero attached hydrogens (tertiary/aromatic N) is 2. The first-order chi connectivity index (χ1) is 15.8. The molecule has 32 heavy (non-hydrogen) atoms. The number of hydrogen-bond acceptors (Lipinski definition) is 3. The van der Waals surface area contributed by atoms with Crippen molar-refractivity contribution in [2.45, 2.75) is 12.8 Å². The van der Waals surface area contributed by atoms with Crippen molar-refractivity contribution in [3.05, 3.63) is 89.6 Å². The van der Waals surface area contributed by atoms with E-state index >= 15 is 0 Å². The van der Waals surface area contributed by atoms with Gasteiger partial charge in [-0.1, -0.05) is 54.1 Å². The first-order valence-corrected chi connectivity index (χ1v) is 11.7. The predicted molar refractivity (Wildman–Crippen MR) is 133 cm³/mol. The maximum atomic E-state index is 6.29. The summed E-state index contributed by atoms with van der Waals surface area (Å²) in [5, 5.41) is 2.04. The lowest BCUT2D eigenvalue weighted by molar-refractivity contribution is 0.254. The molecule has 0 aliphatic carbocycles. The van der Waals surface area contributed by atoms with Crippen molar-refractivity contribution >= 4 is 28.2 Å². The molecular formula is C27H28ClN3O. The lowest BCUT2D eigenvalue weighted by Gasteiger charge is -2.36. The Morgan fingerprint density at radius 3 is 2.47 bits per heavy atom. The van der Waals surface area contributed by atoms with E-state index in [1.807, 2.05) is 48.5 Å². The van der Waals surface area contributed by atoms with Gasteiger partial charge in [0.15, 0.2) is 5.75 Å². The van der Waals surface area contributed by atoms with Crippen LogP contribution in [0.15, 0.2) is 79.0 Å². The molecule has 0 saturated carbocycles. The topological polar surface area (TPSA) is 31.5 Å². The second kappa shape index (κ2) is 9.68. The molecule has 1 aliphatic rings. The summed E-state index contributed by atoms with van der Waals surface area (Å²) in [7, 11) is 0. The molecule has 0 unspecified atom stereocenters. The molecule has 2 heterocycles. The molecule has 0 bridgehead atoms. The number of fused-ring (bicyclic) bond motifs is 1. The molecule has 164 valence electrons.